The fourth-order valence-corrected chi connectivity index (χ4v) is 3.73. The Morgan fingerprint density at radius 2 is 2.20 bits per heavy atom. The van der Waals surface area contributed by atoms with Crippen LogP contribution in [0, 0.1) is 0 Å². The van der Waals surface area contributed by atoms with E-state index >= 15 is 0 Å². The van der Waals surface area contributed by atoms with Gasteiger partial charge in [0.15, 0.2) is 0 Å². The molecule has 0 spiro atoms. The molecular weight excluding hydrogens is 300 g/mol. The molecule has 3 N–H and O–H groups in total. The van der Waals surface area contributed by atoms with Crippen molar-refractivity contribution < 1.29 is 18.3 Å². The zero-order valence-electron chi connectivity index (χ0n) is 10.9. The van der Waals surface area contributed by atoms with Crippen LogP contribution in [0.1, 0.15) is 17.3 Å². The minimum absolute atomic E-state index is 0.0318. The van der Waals surface area contributed by atoms with E-state index in [9.17, 15) is 18.3 Å². The quantitative estimate of drug-likeness (QED) is 0.862. The van der Waals surface area contributed by atoms with Crippen LogP contribution in [0.2, 0.25) is 0 Å². The summed E-state index contributed by atoms with van der Waals surface area (Å²) in [5.41, 5.74) is 0.507. The van der Waals surface area contributed by atoms with E-state index in [-0.39, 0.29) is 10.5 Å². The highest BCUT2D eigenvalue weighted by molar-refractivity contribution is 8.00. The van der Waals surface area contributed by atoms with Crippen LogP contribution in [0.3, 0.4) is 0 Å². The average Bonchev–Trinajstić information content (AvgIpc) is 2.37. The van der Waals surface area contributed by atoms with Gasteiger partial charge in [0.05, 0.1) is 16.1 Å². The fraction of sp³-hybridized carbons (Fsp3) is 0.417. The zero-order valence-corrected chi connectivity index (χ0v) is 12.6. The van der Waals surface area contributed by atoms with Crippen molar-refractivity contribution in [1.29, 1.82) is 0 Å². The van der Waals surface area contributed by atoms with E-state index in [4.69, 9.17) is 5.14 Å². The topological polar surface area (TPSA) is 101 Å². The molecule has 20 heavy (non-hydrogen) atoms. The van der Waals surface area contributed by atoms with Crippen LogP contribution in [0.5, 0.6) is 0 Å². The predicted octanol–water partition coefficient (Wildman–Crippen LogP) is 0.974. The van der Waals surface area contributed by atoms with Crippen molar-refractivity contribution in [1.82, 2.24) is 0 Å². The molecule has 1 fully saturated rings. The van der Waals surface area contributed by atoms with Gasteiger partial charge >= 0.3 is 5.97 Å². The zero-order chi connectivity index (χ0) is 14.9. The van der Waals surface area contributed by atoms with E-state index < -0.39 is 16.0 Å². The minimum Gasteiger partial charge on any atom is -0.478 e. The number of nitrogens with two attached hydrogens (primary N) is 1. The molecule has 0 aromatic heterocycles. The van der Waals surface area contributed by atoms with Gasteiger partial charge in [-0.25, -0.2) is 18.4 Å². The van der Waals surface area contributed by atoms with Gasteiger partial charge in [-0.1, -0.05) is 6.92 Å². The van der Waals surface area contributed by atoms with E-state index in [1.54, 1.807) is 0 Å². The Morgan fingerprint density at radius 1 is 1.50 bits per heavy atom. The van der Waals surface area contributed by atoms with Gasteiger partial charge in [-0.2, -0.15) is 11.8 Å². The summed E-state index contributed by atoms with van der Waals surface area (Å²) in [6.07, 6.45) is 0. The molecule has 1 aromatic carbocycles. The molecule has 0 saturated carbocycles. The lowest BCUT2D eigenvalue weighted by atomic mass is 10.1. The maximum atomic E-state index is 11.4. The normalized spacial score (nSPS) is 19.9. The van der Waals surface area contributed by atoms with Gasteiger partial charge in [-0.15, -0.1) is 0 Å². The number of sulfonamides is 1. The highest BCUT2D eigenvalue weighted by Crippen LogP contribution is 2.28. The van der Waals surface area contributed by atoms with E-state index in [1.807, 2.05) is 16.7 Å². The van der Waals surface area contributed by atoms with Gasteiger partial charge in [0.25, 0.3) is 0 Å². The number of carbonyl (C=O) groups is 1. The maximum absolute atomic E-state index is 11.4. The Morgan fingerprint density at radius 3 is 2.75 bits per heavy atom. The summed E-state index contributed by atoms with van der Waals surface area (Å²) in [4.78, 5) is 13.1. The number of benzene rings is 1. The summed E-state index contributed by atoms with van der Waals surface area (Å²) in [7, 11) is -3.90. The lowest BCUT2D eigenvalue weighted by molar-refractivity contribution is 0.0697. The Balaban J connectivity index is 2.45. The molecule has 1 heterocycles. The number of hydrogen-bond acceptors (Lipinski definition) is 5. The van der Waals surface area contributed by atoms with E-state index in [1.165, 1.54) is 12.1 Å². The number of carboxylic acids is 1. The minimum atomic E-state index is -3.90. The highest BCUT2D eigenvalue weighted by atomic mass is 32.2. The number of anilines is 1. The molecule has 6 nitrogen and oxygen atoms in total. The van der Waals surface area contributed by atoms with Gasteiger partial charge in [0.2, 0.25) is 10.0 Å². The van der Waals surface area contributed by atoms with Crippen molar-refractivity contribution in [3.8, 4) is 0 Å². The van der Waals surface area contributed by atoms with Crippen LogP contribution in [-0.2, 0) is 10.0 Å². The van der Waals surface area contributed by atoms with Crippen molar-refractivity contribution in [2.24, 2.45) is 5.14 Å². The number of thioether (sulfide) groups is 1. The Hall–Kier alpha value is -1.25. The summed E-state index contributed by atoms with van der Waals surface area (Å²) in [5, 5.41) is 14.7. The van der Waals surface area contributed by atoms with Crippen LogP contribution in [0.4, 0.5) is 5.69 Å². The van der Waals surface area contributed by atoms with Crippen LogP contribution < -0.4 is 10.0 Å². The van der Waals surface area contributed by atoms with Crippen LogP contribution >= 0.6 is 11.8 Å². The first kappa shape index (κ1) is 15.1. The van der Waals surface area contributed by atoms with Gasteiger partial charge in [0, 0.05) is 24.1 Å². The first-order chi connectivity index (χ1) is 9.29. The second-order valence-corrected chi connectivity index (χ2v) is 7.76. The molecule has 0 amide bonds. The number of primary sulfonamides is 1. The SMILES string of the molecule is CC1CN(c2ccc(S(N)(=O)=O)cc2C(=O)O)CCS1. The van der Waals surface area contributed by atoms with Crippen molar-refractivity contribution in [2.75, 3.05) is 23.7 Å². The molecule has 0 bridgehead atoms. The summed E-state index contributed by atoms with van der Waals surface area (Å²) in [6, 6.07) is 3.99. The van der Waals surface area contributed by atoms with Crippen LogP contribution in [0.25, 0.3) is 0 Å². The molecule has 1 aliphatic heterocycles. The molecule has 110 valence electrons. The summed E-state index contributed by atoms with van der Waals surface area (Å²) >= 11 is 1.83. The van der Waals surface area contributed by atoms with Gasteiger partial charge in [-0.3, -0.25) is 0 Å². The predicted molar refractivity (Wildman–Crippen MR) is 78.9 cm³/mol. The smallest absolute Gasteiger partial charge is 0.337 e. The first-order valence-corrected chi connectivity index (χ1v) is 8.65. The van der Waals surface area contributed by atoms with Crippen molar-refractivity contribution in [2.45, 2.75) is 17.1 Å². The standard InChI is InChI=1S/C12H16N2O4S2/c1-8-7-14(4-5-19-8)11-3-2-9(20(13,17)18)6-10(11)12(15)16/h2-3,6,8H,4-5,7H2,1H3,(H,15,16)(H2,13,17,18). The second kappa shape index (κ2) is 5.63. The lowest BCUT2D eigenvalue weighted by Gasteiger charge is -2.33. The molecule has 1 aliphatic rings. The van der Waals surface area contributed by atoms with E-state index in [0.717, 1.165) is 24.9 Å². The van der Waals surface area contributed by atoms with E-state index in [2.05, 4.69) is 6.92 Å². The van der Waals surface area contributed by atoms with Crippen LogP contribution in [-0.4, -0.2) is 43.6 Å². The largest absolute Gasteiger partial charge is 0.478 e. The molecule has 2 rings (SSSR count). The van der Waals surface area contributed by atoms with Gasteiger partial charge in [0.1, 0.15) is 0 Å². The number of aromatic carboxylic acids is 1. The summed E-state index contributed by atoms with van der Waals surface area (Å²) < 4.78 is 22.6. The van der Waals surface area contributed by atoms with Crippen molar-refractivity contribution in [3.63, 3.8) is 0 Å². The second-order valence-electron chi connectivity index (χ2n) is 4.66. The molecule has 1 unspecified atom stereocenters. The third-order valence-electron chi connectivity index (χ3n) is 3.11. The highest BCUT2D eigenvalue weighted by Gasteiger charge is 2.23. The Bertz CT molecular complexity index is 630. The van der Waals surface area contributed by atoms with Crippen molar-refractivity contribution in [3.05, 3.63) is 23.8 Å². The fourth-order valence-electron chi connectivity index (χ4n) is 2.18. The summed E-state index contributed by atoms with van der Waals surface area (Å²) in [6.45, 7) is 3.56. The molecule has 1 atom stereocenters. The van der Waals surface area contributed by atoms with Crippen LogP contribution in [0.15, 0.2) is 23.1 Å². The lowest BCUT2D eigenvalue weighted by Crippen LogP contribution is -2.37. The summed E-state index contributed by atoms with van der Waals surface area (Å²) in [5.74, 6) is -0.242. The average molecular weight is 316 g/mol. The van der Waals surface area contributed by atoms with Gasteiger partial charge < -0.3 is 10.0 Å². The Kier molecular flexibility index (Phi) is 4.26. The molecule has 0 radical (unpaired) electrons. The number of nitrogens with zero attached hydrogens (tertiary/aromatic N) is 1. The Labute approximate surface area is 122 Å². The molecule has 1 aromatic rings. The first-order valence-electron chi connectivity index (χ1n) is 6.05. The number of rotatable bonds is 3. The number of carboxylic acid groups (broad SMARTS) is 1. The molecule has 0 aliphatic carbocycles. The van der Waals surface area contributed by atoms with E-state index in [0.29, 0.717) is 10.9 Å². The number of hydrogen-bond donors (Lipinski definition) is 2. The van der Waals surface area contributed by atoms with Crippen molar-refractivity contribution >= 4 is 33.4 Å². The monoisotopic (exact) mass is 316 g/mol. The van der Waals surface area contributed by atoms with Gasteiger partial charge in [-0.05, 0) is 18.2 Å². The third-order valence-corrected chi connectivity index (χ3v) is 5.16. The molecular formula is C12H16N2O4S2. The third kappa shape index (κ3) is 3.25. The molecule has 1 saturated heterocycles. The maximum Gasteiger partial charge on any atom is 0.337 e. The molecule has 8 heteroatoms.